The minimum Gasteiger partial charge on any atom is -0.354 e. The molecule has 5 heteroatoms. The number of carbonyl (C=O) groups is 1. The lowest BCUT2D eigenvalue weighted by Gasteiger charge is -2.23. The van der Waals surface area contributed by atoms with Gasteiger partial charge in [0, 0.05) is 36.1 Å². The van der Waals surface area contributed by atoms with Crippen LogP contribution in [-0.2, 0) is 0 Å². The van der Waals surface area contributed by atoms with Gasteiger partial charge in [-0.15, -0.1) is 0 Å². The van der Waals surface area contributed by atoms with Gasteiger partial charge in [0.25, 0.3) is 5.91 Å². The van der Waals surface area contributed by atoms with Crippen molar-refractivity contribution in [1.29, 1.82) is 0 Å². The van der Waals surface area contributed by atoms with Crippen LogP contribution >= 0.6 is 0 Å². The Balaban J connectivity index is 1.81. The SMILES string of the molecule is Cc1cc(C)cc(Nc2c(C(=O)N3CCCCCC3)cnc3nc(C)ccc23)c1. The van der Waals surface area contributed by atoms with Crippen molar-refractivity contribution in [3.05, 3.63) is 58.9 Å². The van der Waals surface area contributed by atoms with Crippen LogP contribution in [0.15, 0.2) is 36.5 Å². The van der Waals surface area contributed by atoms with Crippen LogP contribution in [0.5, 0.6) is 0 Å². The third-order valence-corrected chi connectivity index (χ3v) is 5.48. The van der Waals surface area contributed by atoms with Crippen LogP contribution in [0.4, 0.5) is 11.4 Å². The topological polar surface area (TPSA) is 58.1 Å². The van der Waals surface area contributed by atoms with Gasteiger partial charge in [0.05, 0.1) is 11.3 Å². The summed E-state index contributed by atoms with van der Waals surface area (Å²) in [5, 5.41) is 4.40. The number of benzene rings is 1. The molecule has 0 bridgehead atoms. The van der Waals surface area contributed by atoms with E-state index in [1.165, 1.54) is 24.0 Å². The number of aryl methyl sites for hydroxylation is 3. The van der Waals surface area contributed by atoms with Gasteiger partial charge in [0.2, 0.25) is 0 Å². The Morgan fingerprint density at radius 2 is 1.66 bits per heavy atom. The highest BCUT2D eigenvalue weighted by Crippen LogP contribution is 2.31. The lowest BCUT2D eigenvalue weighted by molar-refractivity contribution is 0.0762. The van der Waals surface area contributed by atoms with Crippen molar-refractivity contribution in [2.75, 3.05) is 18.4 Å². The molecule has 1 aliphatic heterocycles. The molecule has 0 unspecified atom stereocenters. The fourth-order valence-electron chi connectivity index (χ4n) is 4.10. The number of pyridine rings is 2. The number of rotatable bonds is 3. The van der Waals surface area contributed by atoms with Crippen molar-refractivity contribution in [3.8, 4) is 0 Å². The first-order chi connectivity index (χ1) is 14.0. The molecule has 2 aromatic heterocycles. The number of anilines is 2. The van der Waals surface area contributed by atoms with Crippen LogP contribution in [0.3, 0.4) is 0 Å². The highest BCUT2D eigenvalue weighted by atomic mass is 16.2. The van der Waals surface area contributed by atoms with Gasteiger partial charge in [-0.3, -0.25) is 4.79 Å². The van der Waals surface area contributed by atoms with E-state index in [1.807, 2.05) is 24.0 Å². The fraction of sp³-hybridized carbons (Fsp3) is 0.375. The summed E-state index contributed by atoms with van der Waals surface area (Å²) in [7, 11) is 0. The summed E-state index contributed by atoms with van der Waals surface area (Å²) < 4.78 is 0. The second kappa shape index (κ2) is 8.19. The number of aromatic nitrogens is 2. The van der Waals surface area contributed by atoms with E-state index < -0.39 is 0 Å². The molecule has 1 aliphatic rings. The highest BCUT2D eigenvalue weighted by molar-refractivity contribution is 6.07. The van der Waals surface area contributed by atoms with Crippen LogP contribution in [0.2, 0.25) is 0 Å². The normalized spacial score (nSPS) is 14.7. The summed E-state index contributed by atoms with van der Waals surface area (Å²) in [5.41, 5.74) is 6.31. The number of likely N-dealkylation sites (tertiary alicyclic amines) is 1. The quantitative estimate of drug-likeness (QED) is 0.660. The number of carbonyl (C=O) groups excluding carboxylic acids is 1. The molecule has 0 saturated carbocycles. The van der Waals surface area contributed by atoms with E-state index in [0.29, 0.717) is 11.2 Å². The second-order valence-corrected chi connectivity index (χ2v) is 8.08. The summed E-state index contributed by atoms with van der Waals surface area (Å²) in [6.45, 7) is 7.74. The van der Waals surface area contributed by atoms with E-state index in [4.69, 9.17) is 0 Å². The zero-order valence-corrected chi connectivity index (χ0v) is 17.5. The summed E-state index contributed by atoms with van der Waals surface area (Å²) in [5.74, 6) is 0.0498. The van der Waals surface area contributed by atoms with Crippen LogP contribution in [0, 0.1) is 20.8 Å². The molecular weight excluding hydrogens is 360 g/mol. The molecule has 3 heterocycles. The minimum absolute atomic E-state index is 0.0498. The molecule has 1 aromatic carbocycles. The third kappa shape index (κ3) is 4.24. The Kier molecular flexibility index (Phi) is 5.47. The predicted octanol–water partition coefficient (Wildman–Crippen LogP) is 5.31. The van der Waals surface area contributed by atoms with Crippen LogP contribution in [-0.4, -0.2) is 33.9 Å². The Morgan fingerprint density at radius 1 is 0.966 bits per heavy atom. The van der Waals surface area contributed by atoms with Crippen molar-refractivity contribution in [3.63, 3.8) is 0 Å². The molecule has 0 spiro atoms. The van der Waals surface area contributed by atoms with Gasteiger partial charge in [0.15, 0.2) is 5.65 Å². The Bertz CT molecular complexity index is 1030. The van der Waals surface area contributed by atoms with Crippen molar-refractivity contribution >= 4 is 28.3 Å². The van der Waals surface area contributed by atoms with Crippen molar-refractivity contribution in [2.24, 2.45) is 0 Å². The molecule has 0 aliphatic carbocycles. The first-order valence-electron chi connectivity index (χ1n) is 10.4. The zero-order chi connectivity index (χ0) is 20.4. The van der Waals surface area contributed by atoms with E-state index in [1.54, 1.807) is 6.20 Å². The molecular formula is C24H28N4O. The Morgan fingerprint density at radius 3 is 2.34 bits per heavy atom. The van der Waals surface area contributed by atoms with Gasteiger partial charge in [-0.05, 0) is 69.0 Å². The molecule has 3 aromatic rings. The van der Waals surface area contributed by atoms with Gasteiger partial charge in [-0.1, -0.05) is 18.9 Å². The first kappa shape index (κ1) is 19.4. The van der Waals surface area contributed by atoms with Crippen molar-refractivity contribution in [2.45, 2.75) is 46.5 Å². The summed E-state index contributed by atoms with van der Waals surface area (Å²) in [4.78, 5) is 24.5. The van der Waals surface area contributed by atoms with E-state index in [2.05, 4.69) is 47.3 Å². The number of hydrogen-bond donors (Lipinski definition) is 1. The number of amides is 1. The highest BCUT2D eigenvalue weighted by Gasteiger charge is 2.22. The van der Waals surface area contributed by atoms with Gasteiger partial charge >= 0.3 is 0 Å². The third-order valence-electron chi connectivity index (χ3n) is 5.48. The number of nitrogens with zero attached hydrogens (tertiary/aromatic N) is 3. The van der Waals surface area contributed by atoms with Gasteiger partial charge < -0.3 is 10.2 Å². The zero-order valence-electron chi connectivity index (χ0n) is 17.5. The largest absolute Gasteiger partial charge is 0.354 e. The lowest BCUT2D eigenvalue weighted by Crippen LogP contribution is -2.32. The maximum atomic E-state index is 13.4. The summed E-state index contributed by atoms with van der Waals surface area (Å²) >= 11 is 0. The van der Waals surface area contributed by atoms with Gasteiger partial charge in [0.1, 0.15) is 0 Å². The standard InChI is InChI=1S/C24H28N4O/c1-16-12-17(2)14-19(13-16)27-22-20-9-8-18(3)26-23(20)25-15-21(22)24(29)28-10-6-4-5-7-11-28/h8-9,12-15H,4-7,10-11H2,1-3H3,(H,25,26,27). The maximum absolute atomic E-state index is 13.4. The van der Waals surface area contributed by atoms with Gasteiger partial charge in [-0.25, -0.2) is 9.97 Å². The molecule has 1 N–H and O–H groups in total. The average Bonchev–Trinajstić information content (AvgIpc) is 2.96. The van der Waals surface area contributed by atoms with Crippen molar-refractivity contribution in [1.82, 2.24) is 14.9 Å². The Labute approximate surface area is 172 Å². The molecule has 1 amide bonds. The molecule has 5 nitrogen and oxygen atoms in total. The molecule has 150 valence electrons. The molecule has 0 atom stereocenters. The molecule has 29 heavy (non-hydrogen) atoms. The summed E-state index contributed by atoms with van der Waals surface area (Å²) in [6.07, 6.45) is 6.20. The molecule has 0 radical (unpaired) electrons. The average molecular weight is 389 g/mol. The minimum atomic E-state index is 0.0498. The number of nitrogens with one attached hydrogen (secondary N) is 1. The predicted molar refractivity (Wildman–Crippen MR) is 118 cm³/mol. The van der Waals surface area contributed by atoms with E-state index >= 15 is 0 Å². The first-order valence-corrected chi connectivity index (χ1v) is 10.4. The van der Waals surface area contributed by atoms with E-state index in [0.717, 1.165) is 48.4 Å². The lowest BCUT2D eigenvalue weighted by atomic mass is 10.1. The number of fused-ring (bicyclic) bond motifs is 1. The van der Waals surface area contributed by atoms with Crippen molar-refractivity contribution < 1.29 is 4.79 Å². The van der Waals surface area contributed by atoms with E-state index in [9.17, 15) is 4.79 Å². The van der Waals surface area contributed by atoms with Gasteiger partial charge in [-0.2, -0.15) is 0 Å². The number of hydrogen-bond acceptors (Lipinski definition) is 4. The fourth-order valence-corrected chi connectivity index (χ4v) is 4.10. The summed E-state index contributed by atoms with van der Waals surface area (Å²) in [6, 6.07) is 10.3. The molecule has 1 fully saturated rings. The molecule has 4 rings (SSSR count). The van der Waals surface area contributed by atoms with E-state index in [-0.39, 0.29) is 5.91 Å². The second-order valence-electron chi connectivity index (χ2n) is 8.08. The smallest absolute Gasteiger partial charge is 0.257 e. The van der Waals surface area contributed by atoms with Crippen LogP contribution in [0.25, 0.3) is 11.0 Å². The van der Waals surface area contributed by atoms with Crippen LogP contribution in [0.1, 0.15) is 52.9 Å². The molecule has 1 saturated heterocycles. The van der Waals surface area contributed by atoms with Crippen LogP contribution < -0.4 is 5.32 Å². The maximum Gasteiger partial charge on any atom is 0.257 e. The Hall–Kier alpha value is -2.95. The monoisotopic (exact) mass is 388 g/mol.